The molecule has 0 aliphatic rings. The van der Waals surface area contributed by atoms with Crippen molar-refractivity contribution in [3.8, 4) is 0 Å². The summed E-state index contributed by atoms with van der Waals surface area (Å²) in [5.41, 5.74) is 0.897. The molecule has 1 heterocycles. The number of nitrogens with one attached hydrogen (secondary N) is 1. The minimum atomic E-state index is -3.12. The van der Waals surface area contributed by atoms with Gasteiger partial charge in [0.1, 0.15) is 0 Å². The first kappa shape index (κ1) is 16.7. The van der Waals surface area contributed by atoms with Crippen molar-refractivity contribution in [1.29, 1.82) is 0 Å². The predicted octanol–water partition coefficient (Wildman–Crippen LogP) is 2.14. The Balaban J connectivity index is 3.19. The maximum atomic E-state index is 11.9. The van der Waals surface area contributed by atoms with E-state index < -0.39 is 15.1 Å². The van der Waals surface area contributed by atoms with E-state index in [1.54, 1.807) is 13.1 Å². The molecule has 0 amide bonds. The summed E-state index contributed by atoms with van der Waals surface area (Å²) in [5.74, 6) is 0. The largest absolute Gasteiger partial charge is 0.308 e. The van der Waals surface area contributed by atoms with Crippen molar-refractivity contribution in [3.63, 3.8) is 0 Å². The summed E-state index contributed by atoms with van der Waals surface area (Å²) in [4.78, 5) is 0. The third-order valence-corrected chi connectivity index (χ3v) is 5.42. The van der Waals surface area contributed by atoms with Gasteiger partial charge in [0.05, 0.1) is 27.7 Å². The van der Waals surface area contributed by atoms with Crippen molar-refractivity contribution >= 4 is 25.8 Å². The quantitative estimate of drug-likeness (QED) is 0.817. The van der Waals surface area contributed by atoms with Crippen LogP contribution in [-0.4, -0.2) is 36.2 Å². The molecule has 1 aromatic heterocycles. The van der Waals surface area contributed by atoms with E-state index in [4.69, 9.17) is 0 Å². The van der Waals surface area contributed by atoms with Crippen molar-refractivity contribution in [2.24, 2.45) is 0 Å². The maximum Gasteiger partial charge on any atom is 0.151 e. The molecule has 0 saturated heterocycles. The lowest BCUT2D eigenvalue weighted by molar-refractivity contribution is 0.461. The lowest BCUT2D eigenvalue weighted by atomic mass is 10.1. The summed E-state index contributed by atoms with van der Waals surface area (Å²) in [6.45, 7) is 7.27. The van der Waals surface area contributed by atoms with Gasteiger partial charge in [0.15, 0.2) is 9.84 Å². The molecule has 0 saturated carbocycles. The van der Waals surface area contributed by atoms with Crippen molar-refractivity contribution < 1.29 is 8.42 Å². The minimum Gasteiger partial charge on any atom is -0.308 e. The Morgan fingerprint density at radius 2 is 2.11 bits per heavy atom. The van der Waals surface area contributed by atoms with Crippen LogP contribution in [0.5, 0.6) is 0 Å². The van der Waals surface area contributed by atoms with Crippen LogP contribution >= 0.6 is 15.9 Å². The topological polar surface area (TPSA) is 64.0 Å². The molecule has 0 fully saturated rings. The highest BCUT2D eigenvalue weighted by Crippen LogP contribution is 2.28. The van der Waals surface area contributed by atoms with Gasteiger partial charge in [0, 0.05) is 12.8 Å². The molecule has 0 aromatic carbocycles. The van der Waals surface area contributed by atoms with Crippen molar-refractivity contribution in [1.82, 2.24) is 15.1 Å². The summed E-state index contributed by atoms with van der Waals surface area (Å²) in [7, 11) is -3.12. The number of sulfone groups is 1. The lowest BCUT2D eigenvalue weighted by Gasteiger charge is -2.25. The van der Waals surface area contributed by atoms with E-state index in [1.165, 1.54) is 6.26 Å². The molecule has 1 rings (SSSR count). The predicted molar refractivity (Wildman–Crippen MR) is 80.9 cm³/mol. The third kappa shape index (κ3) is 4.03. The van der Waals surface area contributed by atoms with Gasteiger partial charge in [0.2, 0.25) is 0 Å². The zero-order valence-electron chi connectivity index (χ0n) is 11.9. The van der Waals surface area contributed by atoms with E-state index in [0.717, 1.165) is 23.1 Å². The number of nitrogens with zero attached hydrogens (tertiary/aromatic N) is 2. The van der Waals surface area contributed by atoms with Gasteiger partial charge < -0.3 is 5.32 Å². The summed E-state index contributed by atoms with van der Waals surface area (Å²) in [6.07, 6.45) is 3.94. The summed E-state index contributed by atoms with van der Waals surface area (Å²) < 4.78 is 26.4. The van der Waals surface area contributed by atoms with E-state index in [9.17, 15) is 8.42 Å². The van der Waals surface area contributed by atoms with E-state index in [-0.39, 0.29) is 6.04 Å². The molecule has 0 spiro atoms. The van der Waals surface area contributed by atoms with E-state index in [0.29, 0.717) is 6.54 Å². The number of rotatable bonds is 7. The molecule has 0 bridgehead atoms. The van der Waals surface area contributed by atoms with Crippen molar-refractivity contribution in [2.45, 2.75) is 45.0 Å². The Morgan fingerprint density at radius 3 is 2.58 bits per heavy atom. The van der Waals surface area contributed by atoms with Crippen LogP contribution in [0.3, 0.4) is 0 Å². The first-order valence-electron chi connectivity index (χ1n) is 6.46. The van der Waals surface area contributed by atoms with Gasteiger partial charge in [-0.1, -0.05) is 6.92 Å². The molecule has 5 nitrogen and oxygen atoms in total. The maximum absolute atomic E-state index is 11.9. The third-order valence-electron chi connectivity index (χ3n) is 3.19. The summed E-state index contributed by atoms with van der Waals surface area (Å²) in [5, 5.41) is 7.08. The molecular formula is C12H22BrN3O2S. The van der Waals surface area contributed by atoms with Crippen LogP contribution in [0.4, 0.5) is 0 Å². The van der Waals surface area contributed by atoms with E-state index in [2.05, 4.69) is 33.3 Å². The number of halogens is 1. The smallest absolute Gasteiger partial charge is 0.151 e. The van der Waals surface area contributed by atoms with Crippen LogP contribution in [0.25, 0.3) is 0 Å². The van der Waals surface area contributed by atoms with Gasteiger partial charge in [-0.2, -0.15) is 5.10 Å². The van der Waals surface area contributed by atoms with Crippen LogP contribution < -0.4 is 5.32 Å². The zero-order chi connectivity index (χ0) is 14.6. The van der Waals surface area contributed by atoms with Crippen molar-refractivity contribution in [3.05, 3.63) is 16.4 Å². The summed E-state index contributed by atoms with van der Waals surface area (Å²) >= 11 is 3.47. The molecule has 19 heavy (non-hydrogen) atoms. The van der Waals surface area contributed by atoms with Gasteiger partial charge in [-0.3, -0.25) is 4.68 Å². The van der Waals surface area contributed by atoms with Crippen LogP contribution in [0.15, 0.2) is 10.7 Å². The highest BCUT2D eigenvalue weighted by Gasteiger charge is 2.30. The van der Waals surface area contributed by atoms with Crippen LogP contribution in [-0.2, 0) is 16.4 Å². The molecule has 0 aliphatic heterocycles. The molecule has 1 aromatic rings. The van der Waals surface area contributed by atoms with Gasteiger partial charge in [-0.25, -0.2) is 8.42 Å². The Bertz CT molecular complexity index is 513. The second-order valence-electron chi connectivity index (χ2n) is 4.66. The fraction of sp³-hybridized carbons (Fsp3) is 0.750. The number of aryl methyl sites for hydroxylation is 1. The van der Waals surface area contributed by atoms with Gasteiger partial charge in [0.25, 0.3) is 0 Å². The Labute approximate surface area is 123 Å². The fourth-order valence-corrected chi connectivity index (χ4v) is 3.23. The highest BCUT2D eigenvalue weighted by atomic mass is 79.9. The Morgan fingerprint density at radius 1 is 1.47 bits per heavy atom. The van der Waals surface area contributed by atoms with Gasteiger partial charge >= 0.3 is 0 Å². The highest BCUT2D eigenvalue weighted by molar-refractivity contribution is 9.10. The van der Waals surface area contributed by atoms with Crippen LogP contribution in [0, 0.1) is 0 Å². The molecular weight excluding hydrogens is 330 g/mol. The molecule has 2 unspecified atom stereocenters. The average molecular weight is 352 g/mol. The Hall–Kier alpha value is -0.400. The molecule has 110 valence electrons. The first-order chi connectivity index (χ1) is 8.82. The molecule has 7 heteroatoms. The van der Waals surface area contributed by atoms with Gasteiger partial charge in [-0.15, -0.1) is 0 Å². The molecule has 2 atom stereocenters. The molecule has 1 N–H and O–H groups in total. The minimum absolute atomic E-state index is 0.258. The SMILES string of the molecule is CCCNC(c1c(Br)cnn1CC)C(C)S(C)(=O)=O. The molecule has 0 aliphatic carbocycles. The standard InChI is InChI=1S/C12H22BrN3O2S/c1-5-7-14-11(9(3)19(4,17)18)12-10(13)8-15-16(12)6-2/h8-9,11,14H,5-7H2,1-4H3. The molecule has 0 radical (unpaired) electrons. The summed E-state index contributed by atoms with van der Waals surface area (Å²) in [6, 6.07) is -0.258. The average Bonchev–Trinajstić information content (AvgIpc) is 2.70. The fourth-order valence-electron chi connectivity index (χ4n) is 1.97. The van der Waals surface area contributed by atoms with Crippen LogP contribution in [0.1, 0.15) is 38.9 Å². The monoisotopic (exact) mass is 351 g/mol. The van der Waals surface area contributed by atoms with E-state index in [1.807, 2.05) is 11.6 Å². The second-order valence-corrected chi connectivity index (χ2v) is 7.92. The van der Waals surface area contributed by atoms with Crippen molar-refractivity contribution in [2.75, 3.05) is 12.8 Å². The Kier molecular flexibility index (Phi) is 6.01. The lowest BCUT2D eigenvalue weighted by Crippen LogP contribution is -2.37. The first-order valence-corrected chi connectivity index (χ1v) is 9.21. The van der Waals surface area contributed by atoms with Crippen LogP contribution in [0.2, 0.25) is 0 Å². The second kappa shape index (κ2) is 6.85. The number of hydrogen-bond acceptors (Lipinski definition) is 4. The van der Waals surface area contributed by atoms with Gasteiger partial charge in [-0.05, 0) is 42.7 Å². The number of hydrogen-bond donors (Lipinski definition) is 1. The number of aromatic nitrogens is 2. The normalized spacial score (nSPS) is 15.4. The van der Waals surface area contributed by atoms with E-state index >= 15 is 0 Å². The zero-order valence-corrected chi connectivity index (χ0v) is 14.3.